The molecular weight excluding hydrogens is 271 g/mol. The summed E-state index contributed by atoms with van der Waals surface area (Å²) in [5, 5.41) is 0. The maximum atomic E-state index is 12.5. The Morgan fingerprint density at radius 1 is 1.35 bits per heavy atom. The highest BCUT2D eigenvalue weighted by Gasteiger charge is 2.33. The first kappa shape index (κ1) is 14.7. The number of hydrogen-bond donors (Lipinski definition) is 0. The van der Waals surface area contributed by atoms with Gasteiger partial charge < -0.3 is 9.64 Å². The van der Waals surface area contributed by atoms with Crippen molar-refractivity contribution >= 4 is 6.09 Å². The fraction of sp³-hybridized carbons (Fsp3) is 0.500. The Bertz CT molecular complexity index is 470. The molecule has 1 unspecified atom stereocenters. The highest BCUT2D eigenvalue weighted by Crippen LogP contribution is 2.35. The Labute approximate surface area is 115 Å². The predicted molar refractivity (Wildman–Crippen MR) is 67.1 cm³/mol. The lowest BCUT2D eigenvalue weighted by molar-refractivity contribution is -0.137. The van der Waals surface area contributed by atoms with Crippen LogP contribution in [0.25, 0.3) is 0 Å². The van der Waals surface area contributed by atoms with E-state index in [2.05, 4.69) is 0 Å². The van der Waals surface area contributed by atoms with Gasteiger partial charge in [0.2, 0.25) is 0 Å². The third-order valence-electron chi connectivity index (χ3n) is 3.38. The van der Waals surface area contributed by atoms with Crippen molar-refractivity contribution in [2.75, 3.05) is 13.2 Å². The van der Waals surface area contributed by atoms with Crippen molar-refractivity contribution in [2.45, 2.75) is 32.0 Å². The van der Waals surface area contributed by atoms with Crippen LogP contribution in [0.1, 0.15) is 36.9 Å². The minimum Gasteiger partial charge on any atom is -0.450 e. The molecule has 20 heavy (non-hydrogen) atoms. The molecule has 0 aliphatic carbocycles. The minimum atomic E-state index is -4.34. The summed E-state index contributed by atoms with van der Waals surface area (Å²) >= 11 is 0. The molecular formula is C14H16F3NO2. The molecule has 1 aliphatic rings. The van der Waals surface area contributed by atoms with Crippen molar-refractivity contribution in [3.63, 3.8) is 0 Å². The summed E-state index contributed by atoms with van der Waals surface area (Å²) in [6.07, 6.45) is -3.18. The van der Waals surface area contributed by atoms with Crippen LogP contribution in [0.15, 0.2) is 24.3 Å². The van der Waals surface area contributed by atoms with E-state index in [1.54, 1.807) is 11.8 Å². The van der Waals surface area contributed by atoms with Gasteiger partial charge in [0.15, 0.2) is 0 Å². The quantitative estimate of drug-likeness (QED) is 0.823. The Hall–Kier alpha value is -1.72. The number of carbonyl (C=O) groups excluding carboxylic acids is 1. The zero-order valence-corrected chi connectivity index (χ0v) is 11.1. The maximum absolute atomic E-state index is 12.5. The molecule has 3 nitrogen and oxygen atoms in total. The van der Waals surface area contributed by atoms with Crippen LogP contribution in [0.3, 0.4) is 0 Å². The summed E-state index contributed by atoms with van der Waals surface area (Å²) in [5.41, 5.74) is 0.0329. The van der Waals surface area contributed by atoms with Crippen LogP contribution in [0.4, 0.5) is 18.0 Å². The molecule has 6 heteroatoms. The number of rotatable bonds is 2. The van der Waals surface area contributed by atoms with E-state index in [1.165, 1.54) is 12.1 Å². The van der Waals surface area contributed by atoms with E-state index in [4.69, 9.17) is 4.74 Å². The second-order valence-electron chi connectivity index (χ2n) is 4.67. The van der Waals surface area contributed by atoms with Gasteiger partial charge in [-0.1, -0.05) is 12.1 Å². The number of nitrogens with zero attached hydrogens (tertiary/aromatic N) is 1. The van der Waals surface area contributed by atoms with E-state index in [1.807, 2.05) is 0 Å². The van der Waals surface area contributed by atoms with Gasteiger partial charge in [-0.15, -0.1) is 0 Å². The lowest BCUT2D eigenvalue weighted by Gasteiger charge is -2.24. The van der Waals surface area contributed by atoms with Crippen LogP contribution in [-0.2, 0) is 10.9 Å². The Morgan fingerprint density at radius 3 is 2.55 bits per heavy atom. The summed E-state index contributed by atoms with van der Waals surface area (Å²) in [7, 11) is 0. The molecule has 1 aliphatic heterocycles. The van der Waals surface area contributed by atoms with E-state index in [0.717, 1.165) is 25.0 Å². The third kappa shape index (κ3) is 3.05. The molecule has 0 aromatic heterocycles. The van der Waals surface area contributed by atoms with Gasteiger partial charge >= 0.3 is 12.3 Å². The first-order chi connectivity index (χ1) is 9.43. The van der Waals surface area contributed by atoms with Crippen LogP contribution in [0, 0.1) is 0 Å². The molecule has 1 atom stereocenters. The number of halogens is 3. The van der Waals surface area contributed by atoms with E-state index in [-0.39, 0.29) is 12.6 Å². The standard InChI is InChI=1S/C14H16F3NO2/c1-2-20-13(19)18-9-3-4-12(18)10-5-7-11(8-6-10)14(15,16)17/h5-8,12H,2-4,9H2,1H3. The smallest absolute Gasteiger partial charge is 0.416 e. The van der Waals surface area contributed by atoms with E-state index in [0.29, 0.717) is 12.1 Å². The van der Waals surface area contributed by atoms with Crippen LogP contribution in [0.2, 0.25) is 0 Å². The Balaban J connectivity index is 2.16. The van der Waals surface area contributed by atoms with Gasteiger partial charge in [0.1, 0.15) is 0 Å². The number of ether oxygens (including phenoxy) is 1. The van der Waals surface area contributed by atoms with Gasteiger partial charge in [0.05, 0.1) is 18.2 Å². The Morgan fingerprint density at radius 2 is 2.00 bits per heavy atom. The normalized spacial score (nSPS) is 19.2. The molecule has 110 valence electrons. The molecule has 1 aromatic carbocycles. The largest absolute Gasteiger partial charge is 0.450 e. The molecule has 0 radical (unpaired) electrons. The van der Waals surface area contributed by atoms with E-state index in [9.17, 15) is 18.0 Å². The molecule has 0 N–H and O–H groups in total. The van der Waals surface area contributed by atoms with Crippen LogP contribution in [0.5, 0.6) is 0 Å². The van der Waals surface area contributed by atoms with Crippen molar-refractivity contribution in [1.82, 2.24) is 4.90 Å². The monoisotopic (exact) mass is 287 g/mol. The second kappa shape index (κ2) is 5.73. The summed E-state index contributed by atoms with van der Waals surface area (Å²) in [4.78, 5) is 13.4. The zero-order chi connectivity index (χ0) is 14.8. The van der Waals surface area contributed by atoms with Crippen LogP contribution < -0.4 is 0 Å². The highest BCUT2D eigenvalue weighted by molar-refractivity contribution is 5.68. The molecule has 1 aromatic rings. The lowest BCUT2D eigenvalue weighted by Crippen LogP contribution is -2.31. The van der Waals surface area contributed by atoms with Gasteiger partial charge in [-0.25, -0.2) is 4.79 Å². The van der Waals surface area contributed by atoms with Crippen molar-refractivity contribution in [3.8, 4) is 0 Å². The minimum absolute atomic E-state index is 0.198. The summed E-state index contributed by atoms with van der Waals surface area (Å²) < 4.78 is 42.5. The van der Waals surface area contributed by atoms with Gasteiger partial charge in [-0.3, -0.25) is 0 Å². The van der Waals surface area contributed by atoms with Gasteiger partial charge in [-0.05, 0) is 37.5 Å². The van der Waals surface area contributed by atoms with E-state index >= 15 is 0 Å². The molecule has 1 amide bonds. The van der Waals surface area contributed by atoms with Gasteiger partial charge in [-0.2, -0.15) is 13.2 Å². The summed E-state index contributed by atoms with van der Waals surface area (Å²) in [5.74, 6) is 0. The average Bonchev–Trinajstić information content (AvgIpc) is 2.87. The fourth-order valence-corrected chi connectivity index (χ4v) is 2.43. The van der Waals surface area contributed by atoms with Gasteiger partial charge in [0.25, 0.3) is 0 Å². The number of benzene rings is 1. The van der Waals surface area contributed by atoms with Crippen molar-refractivity contribution < 1.29 is 22.7 Å². The predicted octanol–water partition coefficient (Wildman–Crippen LogP) is 4.00. The maximum Gasteiger partial charge on any atom is 0.416 e. The molecule has 1 fully saturated rings. The molecule has 0 spiro atoms. The third-order valence-corrected chi connectivity index (χ3v) is 3.38. The molecule has 1 saturated heterocycles. The molecule has 0 saturated carbocycles. The first-order valence-corrected chi connectivity index (χ1v) is 6.54. The number of alkyl halides is 3. The SMILES string of the molecule is CCOC(=O)N1CCCC1c1ccc(C(F)(F)F)cc1. The first-order valence-electron chi connectivity index (χ1n) is 6.54. The fourth-order valence-electron chi connectivity index (χ4n) is 2.43. The summed E-state index contributed by atoms with van der Waals surface area (Å²) in [6, 6.07) is 4.78. The van der Waals surface area contributed by atoms with Crippen LogP contribution in [-0.4, -0.2) is 24.1 Å². The zero-order valence-electron chi connectivity index (χ0n) is 11.1. The Kier molecular flexibility index (Phi) is 4.20. The number of carbonyl (C=O) groups is 1. The highest BCUT2D eigenvalue weighted by atomic mass is 19.4. The number of amides is 1. The second-order valence-corrected chi connectivity index (χ2v) is 4.67. The van der Waals surface area contributed by atoms with Gasteiger partial charge in [0, 0.05) is 6.54 Å². The number of hydrogen-bond acceptors (Lipinski definition) is 2. The topological polar surface area (TPSA) is 29.5 Å². The van der Waals surface area contributed by atoms with Crippen LogP contribution >= 0.6 is 0 Å². The van der Waals surface area contributed by atoms with Crippen molar-refractivity contribution in [2.24, 2.45) is 0 Å². The van der Waals surface area contributed by atoms with Crippen molar-refractivity contribution in [3.05, 3.63) is 35.4 Å². The van der Waals surface area contributed by atoms with Crippen molar-refractivity contribution in [1.29, 1.82) is 0 Å². The average molecular weight is 287 g/mol. The lowest BCUT2D eigenvalue weighted by atomic mass is 10.0. The molecule has 0 bridgehead atoms. The molecule has 2 rings (SSSR count). The molecule has 1 heterocycles. The van der Waals surface area contributed by atoms with E-state index < -0.39 is 17.8 Å². The summed E-state index contributed by atoms with van der Waals surface area (Å²) in [6.45, 7) is 2.58. The number of likely N-dealkylation sites (tertiary alicyclic amines) is 1.